The first kappa shape index (κ1) is 13.2. The van der Waals surface area contributed by atoms with Gasteiger partial charge in [-0.2, -0.15) is 0 Å². The molecular formula is C15H22N4O. The number of hydrogen-bond donors (Lipinski definition) is 3. The number of benzene rings is 1. The summed E-state index contributed by atoms with van der Waals surface area (Å²) in [4.78, 5) is 13.8. The first-order valence-electron chi connectivity index (χ1n) is 7.34. The summed E-state index contributed by atoms with van der Waals surface area (Å²) < 4.78 is 0. The van der Waals surface area contributed by atoms with Crippen LogP contribution in [-0.2, 0) is 0 Å². The van der Waals surface area contributed by atoms with Gasteiger partial charge < -0.3 is 16.0 Å². The van der Waals surface area contributed by atoms with Gasteiger partial charge in [0.05, 0.1) is 0 Å². The molecular weight excluding hydrogens is 252 g/mol. The van der Waals surface area contributed by atoms with E-state index in [1.807, 2.05) is 24.3 Å². The molecule has 1 aliphatic heterocycles. The van der Waals surface area contributed by atoms with Gasteiger partial charge >= 0.3 is 6.03 Å². The Hall–Kier alpha value is -1.75. The number of carbonyl (C=O) groups excluding carboxylic acids is 1. The minimum atomic E-state index is -0.193. The van der Waals surface area contributed by atoms with Crippen molar-refractivity contribution >= 4 is 17.4 Å². The molecule has 20 heavy (non-hydrogen) atoms. The van der Waals surface area contributed by atoms with Crippen LogP contribution in [0.2, 0.25) is 0 Å². The van der Waals surface area contributed by atoms with E-state index in [1.165, 1.54) is 25.8 Å². The zero-order chi connectivity index (χ0) is 13.9. The zero-order valence-electron chi connectivity index (χ0n) is 11.9. The second kappa shape index (κ2) is 5.71. The lowest BCUT2D eigenvalue weighted by Crippen LogP contribution is -2.27. The highest BCUT2D eigenvalue weighted by Gasteiger charge is 2.34. The predicted octanol–water partition coefficient (Wildman–Crippen LogP) is 2.09. The number of anilines is 2. The molecule has 2 amide bonds. The van der Waals surface area contributed by atoms with Crippen molar-refractivity contribution in [1.29, 1.82) is 0 Å². The molecule has 0 bridgehead atoms. The fourth-order valence-electron chi connectivity index (χ4n) is 2.76. The number of amides is 2. The summed E-state index contributed by atoms with van der Waals surface area (Å²) in [5, 5.41) is 8.87. The lowest BCUT2D eigenvalue weighted by molar-refractivity contribution is 0.254. The van der Waals surface area contributed by atoms with E-state index in [2.05, 4.69) is 20.9 Å². The van der Waals surface area contributed by atoms with E-state index in [1.54, 1.807) is 7.05 Å². The molecule has 3 rings (SSSR count). The Morgan fingerprint density at radius 2 is 1.85 bits per heavy atom. The molecule has 2 aliphatic rings. The Morgan fingerprint density at radius 3 is 2.50 bits per heavy atom. The molecule has 108 valence electrons. The van der Waals surface area contributed by atoms with Crippen LogP contribution >= 0.6 is 0 Å². The Balaban J connectivity index is 1.51. The van der Waals surface area contributed by atoms with Crippen LogP contribution in [0, 0.1) is 0 Å². The number of likely N-dealkylation sites (tertiary alicyclic amines) is 1. The van der Waals surface area contributed by atoms with Crippen LogP contribution < -0.4 is 16.0 Å². The molecule has 1 aliphatic carbocycles. The molecule has 1 atom stereocenters. The Morgan fingerprint density at radius 1 is 1.15 bits per heavy atom. The topological polar surface area (TPSA) is 56.4 Å². The minimum Gasteiger partial charge on any atom is -0.381 e. The standard InChI is InChI=1S/C15H22N4O/c1-16-15(20)18-12-4-2-11(3-5-12)17-13-8-9-19(10-13)14-6-7-14/h2-5,13-14,17H,6-10H2,1H3,(H2,16,18,20). The van der Waals surface area contributed by atoms with Gasteiger partial charge in [-0.25, -0.2) is 4.79 Å². The molecule has 0 radical (unpaired) electrons. The zero-order valence-corrected chi connectivity index (χ0v) is 11.9. The summed E-state index contributed by atoms with van der Waals surface area (Å²) in [5.74, 6) is 0. The van der Waals surface area contributed by atoms with E-state index in [-0.39, 0.29) is 6.03 Å². The normalized spacial score (nSPS) is 22.6. The maximum absolute atomic E-state index is 11.2. The van der Waals surface area contributed by atoms with Crippen LogP contribution in [0.1, 0.15) is 19.3 Å². The van der Waals surface area contributed by atoms with E-state index in [0.717, 1.165) is 24.0 Å². The van der Waals surface area contributed by atoms with Crippen molar-refractivity contribution in [3.63, 3.8) is 0 Å². The monoisotopic (exact) mass is 274 g/mol. The molecule has 1 unspecified atom stereocenters. The number of carbonyl (C=O) groups is 1. The van der Waals surface area contributed by atoms with Crippen molar-refractivity contribution in [1.82, 2.24) is 10.2 Å². The average molecular weight is 274 g/mol. The van der Waals surface area contributed by atoms with Crippen LogP contribution in [-0.4, -0.2) is 43.2 Å². The highest BCUT2D eigenvalue weighted by Crippen LogP contribution is 2.30. The summed E-state index contributed by atoms with van der Waals surface area (Å²) in [6.07, 6.45) is 3.98. The van der Waals surface area contributed by atoms with Gasteiger partial charge in [0.25, 0.3) is 0 Å². The van der Waals surface area contributed by atoms with E-state index < -0.39 is 0 Å². The second-order valence-electron chi connectivity index (χ2n) is 5.64. The van der Waals surface area contributed by atoms with E-state index >= 15 is 0 Å². The molecule has 3 N–H and O–H groups in total. The maximum Gasteiger partial charge on any atom is 0.318 e. The number of hydrogen-bond acceptors (Lipinski definition) is 3. The molecule has 0 aromatic heterocycles. The highest BCUT2D eigenvalue weighted by atomic mass is 16.2. The first-order chi connectivity index (χ1) is 9.74. The first-order valence-corrected chi connectivity index (χ1v) is 7.34. The van der Waals surface area contributed by atoms with Gasteiger partial charge in [-0.1, -0.05) is 0 Å². The van der Waals surface area contributed by atoms with Crippen LogP contribution in [0.25, 0.3) is 0 Å². The Bertz CT molecular complexity index is 469. The van der Waals surface area contributed by atoms with E-state index in [9.17, 15) is 4.79 Å². The van der Waals surface area contributed by atoms with Crippen LogP contribution in [0.15, 0.2) is 24.3 Å². The molecule has 1 aromatic carbocycles. The maximum atomic E-state index is 11.2. The molecule has 1 saturated heterocycles. The number of nitrogens with zero attached hydrogens (tertiary/aromatic N) is 1. The minimum absolute atomic E-state index is 0.193. The quantitative estimate of drug-likeness (QED) is 0.788. The van der Waals surface area contributed by atoms with Gasteiger partial charge in [-0.15, -0.1) is 0 Å². The molecule has 0 spiro atoms. The summed E-state index contributed by atoms with van der Waals surface area (Å²) >= 11 is 0. The number of nitrogens with one attached hydrogen (secondary N) is 3. The van der Waals surface area contributed by atoms with Crippen molar-refractivity contribution in [2.75, 3.05) is 30.8 Å². The molecule has 2 fully saturated rings. The average Bonchev–Trinajstić information content (AvgIpc) is 3.21. The van der Waals surface area contributed by atoms with Gasteiger partial charge in [0.2, 0.25) is 0 Å². The number of rotatable bonds is 4. The van der Waals surface area contributed by atoms with E-state index in [4.69, 9.17) is 0 Å². The number of urea groups is 1. The highest BCUT2D eigenvalue weighted by molar-refractivity contribution is 5.89. The fraction of sp³-hybridized carbons (Fsp3) is 0.533. The predicted molar refractivity (Wildman–Crippen MR) is 81.1 cm³/mol. The lowest BCUT2D eigenvalue weighted by atomic mass is 10.2. The summed E-state index contributed by atoms with van der Waals surface area (Å²) in [7, 11) is 1.61. The van der Waals surface area contributed by atoms with Gasteiger partial charge in [-0.3, -0.25) is 4.90 Å². The smallest absolute Gasteiger partial charge is 0.318 e. The Labute approximate surface area is 119 Å². The molecule has 1 saturated carbocycles. The fourth-order valence-corrected chi connectivity index (χ4v) is 2.76. The SMILES string of the molecule is CNC(=O)Nc1ccc(NC2CCN(C3CC3)C2)cc1. The molecule has 1 heterocycles. The third-order valence-electron chi connectivity index (χ3n) is 4.02. The Kier molecular flexibility index (Phi) is 3.78. The third-order valence-corrected chi connectivity index (χ3v) is 4.02. The van der Waals surface area contributed by atoms with Crippen LogP contribution in [0.4, 0.5) is 16.2 Å². The van der Waals surface area contributed by atoms with Crippen LogP contribution in [0.5, 0.6) is 0 Å². The van der Waals surface area contributed by atoms with Crippen molar-refractivity contribution in [2.45, 2.75) is 31.3 Å². The summed E-state index contributed by atoms with van der Waals surface area (Å²) in [6, 6.07) is 9.10. The molecule has 1 aromatic rings. The summed E-state index contributed by atoms with van der Waals surface area (Å²) in [5.41, 5.74) is 1.93. The van der Waals surface area contributed by atoms with Gasteiger partial charge in [-0.05, 0) is 43.5 Å². The largest absolute Gasteiger partial charge is 0.381 e. The van der Waals surface area contributed by atoms with Crippen molar-refractivity contribution in [3.05, 3.63) is 24.3 Å². The van der Waals surface area contributed by atoms with E-state index in [0.29, 0.717) is 6.04 Å². The van der Waals surface area contributed by atoms with Crippen molar-refractivity contribution < 1.29 is 4.79 Å². The molecule has 5 nitrogen and oxygen atoms in total. The summed E-state index contributed by atoms with van der Waals surface area (Å²) in [6.45, 7) is 2.38. The third kappa shape index (κ3) is 3.22. The van der Waals surface area contributed by atoms with Gasteiger partial charge in [0.1, 0.15) is 0 Å². The second-order valence-corrected chi connectivity index (χ2v) is 5.64. The lowest BCUT2D eigenvalue weighted by Gasteiger charge is -2.17. The molecule has 5 heteroatoms. The van der Waals surface area contributed by atoms with Crippen molar-refractivity contribution in [2.24, 2.45) is 0 Å². The van der Waals surface area contributed by atoms with Crippen LogP contribution in [0.3, 0.4) is 0 Å². The van der Waals surface area contributed by atoms with Gasteiger partial charge in [0, 0.05) is 43.6 Å². The van der Waals surface area contributed by atoms with Gasteiger partial charge in [0.15, 0.2) is 0 Å². The van der Waals surface area contributed by atoms with Crippen molar-refractivity contribution in [3.8, 4) is 0 Å².